The van der Waals surface area contributed by atoms with E-state index in [1.165, 1.54) is 13.3 Å². The van der Waals surface area contributed by atoms with Gasteiger partial charge in [-0.2, -0.15) is 5.10 Å². The number of carbonyl (C=O) groups excluding carboxylic acids is 3. The van der Waals surface area contributed by atoms with Crippen molar-refractivity contribution < 1.29 is 28.6 Å². The van der Waals surface area contributed by atoms with E-state index in [1.54, 1.807) is 49.4 Å². The molecule has 0 heterocycles. The van der Waals surface area contributed by atoms with Gasteiger partial charge in [0, 0.05) is 11.3 Å². The van der Waals surface area contributed by atoms with Gasteiger partial charge in [0.1, 0.15) is 5.75 Å². The van der Waals surface area contributed by atoms with Crippen molar-refractivity contribution in [2.45, 2.75) is 19.9 Å². The second-order valence-corrected chi connectivity index (χ2v) is 7.98. The van der Waals surface area contributed by atoms with Gasteiger partial charge in [0.15, 0.2) is 18.1 Å². The lowest BCUT2D eigenvalue weighted by Crippen LogP contribution is -2.39. The third-order valence-corrected chi connectivity index (χ3v) is 5.25. The van der Waals surface area contributed by atoms with Gasteiger partial charge in [-0.05, 0) is 55.8 Å². The third kappa shape index (κ3) is 8.09. The van der Waals surface area contributed by atoms with Crippen molar-refractivity contribution in [2.75, 3.05) is 25.6 Å². The summed E-state index contributed by atoms with van der Waals surface area (Å²) in [5.41, 5.74) is 4.08. The van der Waals surface area contributed by atoms with Crippen LogP contribution in [0.4, 0.5) is 5.69 Å². The molecule has 0 aliphatic heterocycles. The van der Waals surface area contributed by atoms with Gasteiger partial charge in [0.2, 0.25) is 0 Å². The molecule has 0 spiro atoms. The standard InChI is InChI=1S/C28H30N4O6/c1-4-37-23-15-13-22(14-16-23)31-25(33)18-38-26-21(11-8-12-24(26)36-3)17-29-32-28(35)27(34)30-19(2)20-9-6-5-7-10-20/h5-17,19H,4,18H2,1-3H3,(H,30,34)(H,31,33)(H,32,35)/b29-17-/t19-/m0/s1. The van der Waals surface area contributed by atoms with Crippen LogP contribution in [0.25, 0.3) is 0 Å². The van der Waals surface area contributed by atoms with Crippen molar-refractivity contribution in [1.29, 1.82) is 0 Å². The maximum Gasteiger partial charge on any atom is 0.329 e. The molecule has 0 aliphatic carbocycles. The second-order valence-electron chi connectivity index (χ2n) is 7.98. The number of nitrogens with zero attached hydrogens (tertiary/aromatic N) is 1. The first-order valence-corrected chi connectivity index (χ1v) is 11.9. The summed E-state index contributed by atoms with van der Waals surface area (Å²) in [6.07, 6.45) is 1.30. The summed E-state index contributed by atoms with van der Waals surface area (Å²) in [6.45, 7) is 3.91. The fourth-order valence-electron chi connectivity index (χ4n) is 3.38. The Morgan fingerprint density at radius 3 is 2.34 bits per heavy atom. The first-order valence-electron chi connectivity index (χ1n) is 11.9. The molecule has 3 amide bonds. The molecule has 3 aromatic rings. The van der Waals surface area contributed by atoms with E-state index in [2.05, 4.69) is 21.2 Å². The van der Waals surface area contributed by atoms with Crippen LogP contribution in [-0.2, 0) is 14.4 Å². The molecule has 0 radical (unpaired) electrons. The quantitative estimate of drug-likeness (QED) is 0.203. The van der Waals surface area contributed by atoms with Gasteiger partial charge in [0.05, 0.1) is 26.0 Å². The summed E-state index contributed by atoms with van der Waals surface area (Å²) in [6, 6.07) is 20.9. The predicted molar refractivity (Wildman–Crippen MR) is 143 cm³/mol. The molecule has 0 saturated carbocycles. The van der Waals surface area contributed by atoms with Gasteiger partial charge in [0.25, 0.3) is 5.91 Å². The van der Waals surface area contributed by atoms with Gasteiger partial charge in [-0.1, -0.05) is 36.4 Å². The SMILES string of the molecule is CCOc1ccc(NC(=O)COc2c(/C=N\NC(=O)C(=O)N[C@@H](C)c3ccccc3)cccc2OC)cc1. The highest BCUT2D eigenvalue weighted by Gasteiger charge is 2.17. The summed E-state index contributed by atoms with van der Waals surface area (Å²) in [4.78, 5) is 36.9. The zero-order valence-corrected chi connectivity index (χ0v) is 21.4. The molecule has 0 aliphatic rings. The fraction of sp³-hybridized carbons (Fsp3) is 0.214. The van der Waals surface area contributed by atoms with Gasteiger partial charge >= 0.3 is 11.8 Å². The smallest absolute Gasteiger partial charge is 0.329 e. The Morgan fingerprint density at radius 1 is 0.921 bits per heavy atom. The van der Waals surface area contributed by atoms with E-state index in [9.17, 15) is 14.4 Å². The third-order valence-electron chi connectivity index (χ3n) is 5.25. The lowest BCUT2D eigenvalue weighted by atomic mass is 10.1. The normalized spacial score (nSPS) is 11.3. The maximum absolute atomic E-state index is 12.4. The molecule has 10 heteroatoms. The van der Waals surface area contributed by atoms with E-state index in [4.69, 9.17) is 14.2 Å². The number of hydrogen-bond acceptors (Lipinski definition) is 7. The van der Waals surface area contributed by atoms with Crippen LogP contribution in [0, 0.1) is 0 Å². The molecule has 0 fully saturated rings. The molecular weight excluding hydrogens is 488 g/mol. The number of amides is 3. The van der Waals surface area contributed by atoms with Crippen LogP contribution < -0.4 is 30.3 Å². The van der Waals surface area contributed by atoms with E-state index in [0.717, 1.165) is 5.56 Å². The molecule has 10 nitrogen and oxygen atoms in total. The van der Waals surface area contributed by atoms with E-state index in [1.807, 2.05) is 37.3 Å². The zero-order chi connectivity index (χ0) is 27.3. The molecule has 0 unspecified atom stereocenters. The number of hydrazone groups is 1. The van der Waals surface area contributed by atoms with E-state index in [0.29, 0.717) is 29.4 Å². The van der Waals surface area contributed by atoms with Crippen molar-refractivity contribution in [3.05, 3.63) is 83.9 Å². The van der Waals surface area contributed by atoms with Gasteiger partial charge < -0.3 is 24.8 Å². The Balaban J connectivity index is 1.58. The summed E-state index contributed by atoms with van der Waals surface area (Å²) in [5, 5.41) is 9.22. The maximum atomic E-state index is 12.4. The Labute approximate surface area is 221 Å². The molecule has 3 N–H and O–H groups in total. The molecule has 3 aromatic carbocycles. The molecule has 3 rings (SSSR count). The predicted octanol–water partition coefficient (Wildman–Crippen LogP) is 3.44. The van der Waals surface area contributed by atoms with Crippen LogP contribution in [0.2, 0.25) is 0 Å². The minimum atomic E-state index is -0.927. The number of nitrogens with one attached hydrogen (secondary N) is 3. The lowest BCUT2D eigenvalue weighted by molar-refractivity contribution is -0.139. The largest absolute Gasteiger partial charge is 0.494 e. The Bertz CT molecular complexity index is 1260. The first kappa shape index (κ1) is 27.7. The number of benzene rings is 3. The second kappa shape index (κ2) is 14.0. The molecule has 0 aromatic heterocycles. The topological polar surface area (TPSA) is 127 Å². The van der Waals surface area contributed by atoms with Crippen LogP contribution in [0.3, 0.4) is 0 Å². The first-order chi connectivity index (χ1) is 18.4. The Hall–Kier alpha value is -4.86. The van der Waals surface area contributed by atoms with Gasteiger partial charge in [-0.3, -0.25) is 14.4 Å². The Morgan fingerprint density at radius 2 is 1.66 bits per heavy atom. The molecule has 38 heavy (non-hydrogen) atoms. The summed E-state index contributed by atoms with van der Waals surface area (Å²) >= 11 is 0. The van der Waals surface area contributed by atoms with Crippen molar-refractivity contribution in [3.8, 4) is 17.2 Å². The Kier molecular flexibility index (Phi) is 10.2. The lowest BCUT2D eigenvalue weighted by Gasteiger charge is -2.14. The number of rotatable bonds is 11. The molecule has 1 atom stereocenters. The van der Waals surface area contributed by atoms with E-state index >= 15 is 0 Å². The molecule has 198 valence electrons. The van der Waals surface area contributed by atoms with Crippen molar-refractivity contribution in [3.63, 3.8) is 0 Å². The number of carbonyl (C=O) groups is 3. The van der Waals surface area contributed by atoms with Crippen LogP contribution in [-0.4, -0.2) is 44.3 Å². The number of anilines is 1. The zero-order valence-electron chi connectivity index (χ0n) is 21.4. The molecule has 0 saturated heterocycles. The van der Waals surface area contributed by atoms with Crippen LogP contribution >= 0.6 is 0 Å². The highest BCUT2D eigenvalue weighted by molar-refractivity contribution is 6.35. The monoisotopic (exact) mass is 518 g/mol. The van der Waals surface area contributed by atoms with Crippen molar-refractivity contribution in [1.82, 2.24) is 10.7 Å². The highest BCUT2D eigenvalue weighted by atomic mass is 16.5. The van der Waals surface area contributed by atoms with Gasteiger partial charge in [-0.25, -0.2) is 5.43 Å². The average Bonchev–Trinajstić information content (AvgIpc) is 2.93. The fourth-order valence-corrected chi connectivity index (χ4v) is 3.38. The van der Waals surface area contributed by atoms with E-state index in [-0.39, 0.29) is 24.3 Å². The average molecular weight is 519 g/mol. The minimum Gasteiger partial charge on any atom is -0.494 e. The van der Waals surface area contributed by atoms with Crippen molar-refractivity contribution >= 4 is 29.6 Å². The van der Waals surface area contributed by atoms with Crippen LogP contribution in [0.5, 0.6) is 17.2 Å². The van der Waals surface area contributed by atoms with Crippen LogP contribution in [0.1, 0.15) is 31.0 Å². The number of hydrogen-bond donors (Lipinski definition) is 3. The number of methoxy groups -OCH3 is 1. The van der Waals surface area contributed by atoms with Gasteiger partial charge in [-0.15, -0.1) is 0 Å². The van der Waals surface area contributed by atoms with E-state index < -0.39 is 11.8 Å². The summed E-state index contributed by atoms with van der Waals surface area (Å²) in [5.74, 6) is -0.827. The number of para-hydroxylation sites is 1. The highest BCUT2D eigenvalue weighted by Crippen LogP contribution is 2.30. The number of ether oxygens (including phenoxy) is 3. The summed E-state index contributed by atoms with van der Waals surface area (Å²) in [7, 11) is 1.46. The summed E-state index contributed by atoms with van der Waals surface area (Å²) < 4.78 is 16.5. The van der Waals surface area contributed by atoms with Crippen LogP contribution in [0.15, 0.2) is 77.9 Å². The molecular formula is C28H30N4O6. The van der Waals surface area contributed by atoms with Crippen molar-refractivity contribution in [2.24, 2.45) is 5.10 Å². The minimum absolute atomic E-state index is 0.247. The molecule has 0 bridgehead atoms.